The summed E-state index contributed by atoms with van der Waals surface area (Å²) in [5.74, 6) is 0.602. The molecule has 92 valence electrons. The number of rotatable bonds is 1. The van der Waals surface area contributed by atoms with Crippen LogP contribution in [0.25, 0.3) is 5.69 Å². The molecule has 0 N–H and O–H groups in total. The molecule has 2 aromatic rings. The van der Waals surface area contributed by atoms with Crippen molar-refractivity contribution in [1.29, 1.82) is 0 Å². The molecule has 1 unspecified atom stereocenters. The Labute approximate surface area is 114 Å². The first-order valence-corrected chi connectivity index (χ1v) is 6.81. The van der Waals surface area contributed by atoms with Gasteiger partial charge >= 0.3 is 0 Å². The van der Waals surface area contributed by atoms with Crippen molar-refractivity contribution in [2.45, 2.75) is 19.8 Å². The number of carbonyl (C=O) groups excluding carboxylic acids is 1. The lowest BCUT2D eigenvalue weighted by molar-refractivity contribution is 0.0952. The molecule has 0 bridgehead atoms. The van der Waals surface area contributed by atoms with Crippen molar-refractivity contribution in [2.24, 2.45) is 5.92 Å². The molecule has 1 aromatic heterocycles. The fourth-order valence-corrected chi connectivity index (χ4v) is 2.92. The van der Waals surface area contributed by atoms with Crippen LogP contribution in [0.15, 0.2) is 34.9 Å². The van der Waals surface area contributed by atoms with Crippen molar-refractivity contribution < 1.29 is 4.79 Å². The third kappa shape index (κ3) is 1.81. The molecule has 0 amide bonds. The zero-order chi connectivity index (χ0) is 12.7. The Bertz CT molecular complexity index is 618. The molecule has 0 radical (unpaired) electrons. The number of para-hydroxylation sites is 1. The SMILES string of the molecule is CC1CC(=O)c2cnn(-c3ccccc3Br)c2C1. The van der Waals surface area contributed by atoms with Gasteiger partial charge in [0, 0.05) is 10.9 Å². The van der Waals surface area contributed by atoms with Gasteiger partial charge in [0.15, 0.2) is 5.78 Å². The molecule has 1 aromatic carbocycles. The molecule has 3 nitrogen and oxygen atoms in total. The first-order chi connectivity index (χ1) is 8.66. The van der Waals surface area contributed by atoms with E-state index in [0.29, 0.717) is 12.3 Å². The van der Waals surface area contributed by atoms with E-state index >= 15 is 0 Å². The molecule has 3 rings (SSSR count). The summed E-state index contributed by atoms with van der Waals surface area (Å²) in [6.45, 7) is 2.11. The largest absolute Gasteiger partial charge is 0.294 e. The highest BCUT2D eigenvalue weighted by atomic mass is 79.9. The van der Waals surface area contributed by atoms with Crippen molar-refractivity contribution in [3.8, 4) is 5.69 Å². The van der Waals surface area contributed by atoms with Crippen LogP contribution in [-0.4, -0.2) is 15.6 Å². The van der Waals surface area contributed by atoms with Gasteiger partial charge in [-0.1, -0.05) is 19.1 Å². The van der Waals surface area contributed by atoms with E-state index in [2.05, 4.69) is 28.0 Å². The molecule has 18 heavy (non-hydrogen) atoms. The van der Waals surface area contributed by atoms with Gasteiger partial charge in [-0.25, -0.2) is 4.68 Å². The van der Waals surface area contributed by atoms with Gasteiger partial charge in [-0.2, -0.15) is 5.10 Å². The fourth-order valence-electron chi connectivity index (χ4n) is 2.46. The van der Waals surface area contributed by atoms with Crippen molar-refractivity contribution in [2.75, 3.05) is 0 Å². The predicted octanol–water partition coefficient (Wildman–Crippen LogP) is 3.40. The first-order valence-electron chi connectivity index (χ1n) is 6.02. The molecule has 0 spiro atoms. The molecule has 1 aliphatic rings. The zero-order valence-electron chi connectivity index (χ0n) is 10.1. The number of aromatic nitrogens is 2. The molecular formula is C14H13BrN2O. The van der Waals surface area contributed by atoms with Crippen LogP contribution >= 0.6 is 15.9 Å². The van der Waals surface area contributed by atoms with E-state index < -0.39 is 0 Å². The number of nitrogens with zero attached hydrogens (tertiary/aromatic N) is 2. The average molecular weight is 305 g/mol. The average Bonchev–Trinajstić information content (AvgIpc) is 2.73. The summed E-state index contributed by atoms with van der Waals surface area (Å²) in [6.07, 6.45) is 3.24. The van der Waals surface area contributed by atoms with Gasteiger partial charge in [0.2, 0.25) is 0 Å². The standard InChI is InChI=1S/C14H13BrN2O/c1-9-6-13-10(14(18)7-9)8-16-17(13)12-5-3-2-4-11(12)15/h2-5,8-9H,6-7H2,1H3. The third-order valence-corrected chi connectivity index (χ3v) is 4.00. The highest BCUT2D eigenvalue weighted by Crippen LogP contribution is 2.29. The maximum absolute atomic E-state index is 12.0. The van der Waals surface area contributed by atoms with Crippen molar-refractivity contribution in [3.63, 3.8) is 0 Å². The third-order valence-electron chi connectivity index (χ3n) is 3.33. The summed E-state index contributed by atoms with van der Waals surface area (Å²) in [6, 6.07) is 7.93. The molecule has 0 saturated heterocycles. The summed E-state index contributed by atoms with van der Waals surface area (Å²) in [4.78, 5) is 12.0. The van der Waals surface area contributed by atoms with Gasteiger partial charge in [-0.05, 0) is 40.4 Å². The highest BCUT2D eigenvalue weighted by molar-refractivity contribution is 9.10. The maximum Gasteiger partial charge on any atom is 0.166 e. The van der Waals surface area contributed by atoms with Crippen LogP contribution in [-0.2, 0) is 6.42 Å². The Morgan fingerprint density at radius 1 is 1.33 bits per heavy atom. The fraction of sp³-hybridized carbons (Fsp3) is 0.286. The van der Waals surface area contributed by atoms with Crippen molar-refractivity contribution >= 4 is 21.7 Å². The molecule has 1 aliphatic carbocycles. The van der Waals surface area contributed by atoms with Gasteiger partial charge in [0.1, 0.15) is 0 Å². The Balaban J connectivity index is 2.16. The summed E-state index contributed by atoms with van der Waals surface area (Å²) in [7, 11) is 0. The molecule has 0 saturated carbocycles. The Kier molecular flexibility index (Phi) is 2.82. The van der Waals surface area contributed by atoms with Crippen molar-refractivity contribution in [3.05, 3.63) is 46.2 Å². The highest BCUT2D eigenvalue weighted by Gasteiger charge is 2.27. The molecule has 4 heteroatoms. The van der Waals surface area contributed by atoms with Gasteiger partial charge in [0.25, 0.3) is 0 Å². The van der Waals surface area contributed by atoms with Crippen LogP contribution in [0.3, 0.4) is 0 Å². The van der Waals surface area contributed by atoms with E-state index in [9.17, 15) is 4.79 Å². The predicted molar refractivity (Wildman–Crippen MR) is 73.1 cm³/mol. The maximum atomic E-state index is 12.0. The van der Waals surface area contributed by atoms with E-state index in [1.165, 1.54) is 0 Å². The summed E-state index contributed by atoms with van der Waals surface area (Å²) >= 11 is 3.53. The Morgan fingerprint density at radius 2 is 2.11 bits per heavy atom. The van der Waals surface area contributed by atoms with Crippen LogP contribution in [0.1, 0.15) is 29.4 Å². The number of halogens is 1. The van der Waals surface area contributed by atoms with Gasteiger partial charge in [0.05, 0.1) is 23.1 Å². The van der Waals surface area contributed by atoms with Gasteiger partial charge in [-0.3, -0.25) is 4.79 Å². The van der Waals surface area contributed by atoms with Crippen LogP contribution in [0.2, 0.25) is 0 Å². The zero-order valence-corrected chi connectivity index (χ0v) is 11.6. The van der Waals surface area contributed by atoms with Crippen LogP contribution < -0.4 is 0 Å². The molecular weight excluding hydrogens is 292 g/mol. The van der Waals surface area contributed by atoms with E-state index in [1.807, 2.05) is 28.9 Å². The lowest BCUT2D eigenvalue weighted by Crippen LogP contribution is -2.19. The minimum atomic E-state index is 0.210. The van der Waals surface area contributed by atoms with Gasteiger partial charge in [-0.15, -0.1) is 0 Å². The number of fused-ring (bicyclic) bond motifs is 1. The second-order valence-electron chi connectivity index (χ2n) is 4.80. The van der Waals surface area contributed by atoms with Gasteiger partial charge < -0.3 is 0 Å². The first kappa shape index (κ1) is 11.7. The number of hydrogen-bond donors (Lipinski definition) is 0. The number of benzene rings is 1. The van der Waals surface area contributed by atoms with E-state index in [0.717, 1.165) is 27.8 Å². The van der Waals surface area contributed by atoms with Crippen LogP contribution in [0.4, 0.5) is 0 Å². The number of Topliss-reactive ketones (excluding diaryl/α,β-unsaturated/α-hetero) is 1. The lowest BCUT2D eigenvalue weighted by Gasteiger charge is -2.19. The molecule has 0 fully saturated rings. The quantitative estimate of drug-likeness (QED) is 0.809. The lowest BCUT2D eigenvalue weighted by atomic mass is 9.88. The number of ketones is 1. The summed E-state index contributed by atoms with van der Waals surface area (Å²) in [5, 5.41) is 4.38. The molecule has 1 atom stereocenters. The normalized spacial score (nSPS) is 18.8. The minimum Gasteiger partial charge on any atom is -0.294 e. The summed E-state index contributed by atoms with van der Waals surface area (Å²) < 4.78 is 2.87. The monoisotopic (exact) mass is 304 g/mol. The molecule has 0 aliphatic heterocycles. The topological polar surface area (TPSA) is 34.9 Å². The second-order valence-corrected chi connectivity index (χ2v) is 5.66. The smallest absolute Gasteiger partial charge is 0.166 e. The van der Waals surface area contributed by atoms with Crippen LogP contribution in [0, 0.1) is 5.92 Å². The van der Waals surface area contributed by atoms with E-state index in [1.54, 1.807) is 6.20 Å². The molecule has 1 heterocycles. The van der Waals surface area contributed by atoms with Crippen LogP contribution in [0.5, 0.6) is 0 Å². The van der Waals surface area contributed by atoms with E-state index in [-0.39, 0.29) is 5.78 Å². The van der Waals surface area contributed by atoms with Crippen molar-refractivity contribution in [1.82, 2.24) is 9.78 Å². The second kappa shape index (κ2) is 4.35. The number of carbonyl (C=O) groups is 1. The number of hydrogen-bond acceptors (Lipinski definition) is 2. The summed E-state index contributed by atoms with van der Waals surface area (Å²) in [5.41, 5.74) is 2.80. The van der Waals surface area contributed by atoms with E-state index in [4.69, 9.17) is 0 Å². The Hall–Kier alpha value is -1.42. The minimum absolute atomic E-state index is 0.210. The Morgan fingerprint density at radius 3 is 2.89 bits per heavy atom.